The number of nitrogens with zero attached hydrogens (tertiary/aromatic N) is 3. The number of rotatable bonds is 4. The molecule has 6 nitrogen and oxygen atoms in total. The van der Waals surface area contributed by atoms with Crippen LogP contribution in [0.2, 0.25) is 0 Å². The van der Waals surface area contributed by atoms with Crippen LogP contribution in [0, 0.1) is 0 Å². The van der Waals surface area contributed by atoms with Crippen LogP contribution in [0.5, 0.6) is 5.75 Å². The van der Waals surface area contributed by atoms with Gasteiger partial charge in [0, 0.05) is 49.4 Å². The minimum Gasteiger partial charge on any atom is -0.484 e. The van der Waals surface area contributed by atoms with Crippen LogP contribution < -0.4 is 4.74 Å². The Bertz CT molecular complexity index is 3280. The van der Waals surface area contributed by atoms with Gasteiger partial charge >= 0.3 is 0 Å². The summed E-state index contributed by atoms with van der Waals surface area (Å²) in [6.07, 6.45) is 6.10. The van der Waals surface area contributed by atoms with Crippen LogP contribution in [0.15, 0.2) is 173 Å². The molecule has 3 aromatic heterocycles. The van der Waals surface area contributed by atoms with E-state index >= 15 is 0 Å². The Hall–Kier alpha value is -7.31. The number of ether oxygens (including phenoxy) is 1. The van der Waals surface area contributed by atoms with E-state index in [4.69, 9.17) is 28.5 Å². The average molecular weight is 708 g/mol. The molecule has 0 spiro atoms. The maximum absolute atomic E-state index is 6.92. The van der Waals surface area contributed by atoms with Gasteiger partial charge in [-0.25, -0.2) is 15.0 Å². The van der Waals surface area contributed by atoms with Crippen molar-refractivity contribution in [2.24, 2.45) is 0 Å². The maximum atomic E-state index is 6.92. The van der Waals surface area contributed by atoms with Gasteiger partial charge in [0.05, 0.1) is 5.92 Å². The van der Waals surface area contributed by atoms with E-state index in [0.717, 1.165) is 93.8 Å². The Balaban J connectivity index is 1.06. The number of allylic oxidation sites excluding steroid dienone is 2. The summed E-state index contributed by atoms with van der Waals surface area (Å²) < 4.78 is 19.5. The van der Waals surface area contributed by atoms with Crippen LogP contribution in [0.1, 0.15) is 17.3 Å². The van der Waals surface area contributed by atoms with Crippen molar-refractivity contribution in [3.63, 3.8) is 0 Å². The summed E-state index contributed by atoms with van der Waals surface area (Å²) in [4.78, 5) is 15.8. The molecule has 10 aromatic rings. The fraction of sp³-hybridized carbons (Fsp3) is 0.0408. The number of aromatic nitrogens is 3. The molecule has 12 rings (SSSR count). The molecule has 0 radical (unpaired) electrons. The molecule has 258 valence electrons. The first-order chi connectivity index (χ1) is 27.2. The second kappa shape index (κ2) is 11.6. The molecule has 1 aliphatic carbocycles. The van der Waals surface area contributed by atoms with Crippen molar-refractivity contribution in [1.29, 1.82) is 0 Å². The predicted molar refractivity (Wildman–Crippen MR) is 219 cm³/mol. The lowest BCUT2D eigenvalue weighted by Gasteiger charge is -2.22. The van der Waals surface area contributed by atoms with Gasteiger partial charge in [-0.1, -0.05) is 127 Å². The number of hydrogen-bond acceptors (Lipinski definition) is 6. The van der Waals surface area contributed by atoms with Crippen molar-refractivity contribution < 1.29 is 13.6 Å². The van der Waals surface area contributed by atoms with Gasteiger partial charge in [0.1, 0.15) is 34.2 Å². The van der Waals surface area contributed by atoms with Gasteiger partial charge in [-0.05, 0) is 52.7 Å². The minimum atomic E-state index is -0.234. The molecule has 1 aliphatic heterocycles. The van der Waals surface area contributed by atoms with Crippen molar-refractivity contribution in [2.75, 3.05) is 0 Å². The fourth-order valence-electron chi connectivity index (χ4n) is 8.65. The fourth-order valence-corrected chi connectivity index (χ4v) is 8.65. The van der Waals surface area contributed by atoms with Gasteiger partial charge in [0.15, 0.2) is 17.5 Å². The van der Waals surface area contributed by atoms with Crippen LogP contribution in [0.25, 0.3) is 94.1 Å². The maximum Gasteiger partial charge on any atom is 0.164 e. The molecule has 6 heteroatoms. The van der Waals surface area contributed by atoms with Gasteiger partial charge in [-0.15, -0.1) is 0 Å². The normalized spacial score (nSPS) is 16.2. The quantitative estimate of drug-likeness (QED) is 0.181. The monoisotopic (exact) mass is 707 g/mol. The summed E-state index contributed by atoms with van der Waals surface area (Å²) in [5.41, 5.74) is 9.33. The Morgan fingerprint density at radius 1 is 0.473 bits per heavy atom. The largest absolute Gasteiger partial charge is 0.484 e. The third kappa shape index (κ3) is 4.58. The van der Waals surface area contributed by atoms with Gasteiger partial charge < -0.3 is 13.6 Å². The number of furan rings is 2. The first kappa shape index (κ1) is 30.2. The molecule has 55 heavy (non-hydrogen) atoms. The standard InChI is InChI=1S/C49H29N3O3/c1-2-12-29-27-30(26-25-28(29)11-1)47-50-48(36-18-9-23-41-44(36)34-14-4-6-21-39(34)54-41)52-49(51-47)37-19-10-24-42-45(37)35-17-7-16-32(46(35)55-42)31-15-8-22-40-43(31)33-13-3-5-20-38(33)53-40/h1-27,42,45H. The van der Waals surface area contributed by atoms with Crippen molar-refractivity contribution in [3.8, 4) is 39.7 Å². The van der Waals surface area contributed by atoms with E-state index in [2.05, 4.69) is 115 Å². The molecule has 0 fully saturated rings. The third-order valence-corrected chi connectivity index (χ3v) is 11.1. The van der Waals surface area contributed by atoms with E-state index in [0.29, 0.717) is 17.5 Å². The molecule has 2 unspecified atom stereocenters. The second-order valence-electron chi connectivity index (χ2n) is 14.2. The van der Waals surface area contributed by atoms with E-state index in [1.165, 1.54) is 0 Å². The minimum absolute atomic E-state index is 0.134. The zero-order valence-corrected chi connectivity index (χ0v) is 29.3. The van der Waals surface area contributed by atoms with Crippen molar-refractivity contribution in [1.82, 2.24) is 15.0 Å². The Morgan fingerprint density at radius 2 is 1.09 bits per heavy atom. The molecule has 7 aromatic carbocycles. The number of fused-ring (bicyclic) bond motifs is 10. The van der Waals surface area contributed by atoms with E-state index in [-0.39, 0.29) is 12.0 Å². The molecule has 0 bridgehead atoms. The molecule has 2 atom stereocenters. The average Bonchev–Trinajstić information content (AvgIpc) is 3.95. The van der Waals surface area contributed by atoms with Gasteiger partial charge in [-0.2, -0.15) is 0 Å². The molecule has 2 aliphatic rings. The Morgan fingerprint density at radius 3 is 1.89 bits per heavy atom. The van der Waals surface area contributed by atoms with Crippen LogP contribution >= 0.6 is 0 Å². The smallest absolute Gasteiger partial charge is 0.164 e. The number of para-hydroxylation sites is 3. The first-order valence-corrected chi connectivity index (χ1v) is 18.5. The van der Waals surface area contributed by atoms with Crippen molar-refractivity contribution >= 4 is 60.2 Å². The SMILES string of the molecule is C1=CC2Oc3c(-c4cccc5oc6ccccc6c45)cccc3C2C(c2nc(-c3ccc4ccccc4c3)nc(-c3cccc4oc5ccccc5c34)n2)=C1. The highest BCUT2D eigenvalue weighted by molar-refractivity contribution is 6.13. The molecule has 4 heterocycles. The zero-order valence-electron chi connectivity index (χ0n) is 29.3. The molecule has 0 saturated heterocycles. The molecular weight excluding hydrogens is 679 g/mol. The lowest BCUT2D eigenvalue weighted by Crippen LogP contribution is -2.20. The Labute approximate surface area is 314 Å². The van der Waals surface area contributed by atoms with Gasteiger partial charge in [0.25, 0.3) is 0 Å². The van der Waals surface area contributed by atoms with E-state index in [1.807, 2.05) is 48.5 Å². The summed E-state index contributed by atoms with van der Waals surface area (Å²) in [5.74, 6) is 2.54. The molecule has 0 saturated carbocycles. The van der Waals surface area contributed by atoms with E-state index < -0.39 is 0 Å². The van der Waals surface area contributed by atoms with Gasteiger partial charge in [0.2, 0.25) is 0 Å². The van der Waals surface area contributed by atoms with Crippen LogP contribution in [-0.4, -0.2) is 21.1 Å². The highest BCUT2D eigenvalue weighted by atomic mass is 16.5. The topological polar surface area (TPSA) is 74.2 Å². The van der Waals surface area contributed by atoms with Crippen molar-refractivity contribution in [2.45, 2.75) is 12.0 Å². The van der Waals surface area contributed by atoms with Crippen LogP contribution in [-0.2, 0) is 0 Å². The lowest BCUT2D eigenvalue weighted by molar-refractivity contribution is 0.272. The lowest BCUT2D eigenvalue weighted by atomic mass is 9.83. The molecule has 0 amide bonds. The van der Waals surface area contributed by atoms with Crippen molar-refractivity contribution in [3.05, 3.63) is 175 Å². The third-order valence-electron chi connectivity index (χ3n) is 11.1. The summed E-state index contributed by atoms with van der Waals surface area (Å²) in [7, 11) is 0. The second-order valence-corrected chi connectivity index (χ2v) is 14.2. The Kier molecular flexibility index (Phi) is 6.36. The van der Waals surface area contributed by atoms with Crippen LogP contribution in [0.4, 0.5) is 0 Å². The molecular formula is C49H29N3O3. The van der Waals surface area contributed by atoms with E-state index in [9.17, 15) is 0 Å². The highest BCUT2D eigenvalue weighted by Crippen LogP contribution is 2.52. The van der Waals surface area contributed by atoms with Crippen LogP contribution in [0.3, 0.4) is 0 Å². The summed E-state index contributed by atoms with van der Waals surface area (Å²) >= 11 is 0. The zero-order chi connectivity index (χ0) is 36.0. The summed E-state index contributed by atoms with van der Waals surface area (Å²) in [5, 5.41) is 6.45. The number of hydrogen-bond donors (Lipinski definition) is 0. The summed E-state index contributed by atoms with van der Waals surface area (Å²) in [6, 6.07) is 49.8. The first-order valence-electron chi connectivity index (χ1n) is 18.5. The van der Waals surface area contributed by atoms with Gasteiger partial charge in [-0.3, -0.25) is 0 Å². The summed E-state index contributed by atoms with van der Waals surface area (Å²) in [6.45, 7) is 0. The number of benzene rings is 7. The molecule has 0 N–H and O–H groups in total. The van der Waals surface area contributed by atoms with E-state index in [1.54, 1.807) is 0 Å². The predicted octanol–water partition coefficient (Wildman–Crippen LogP) is 12.3. The highest BCUT2D eigenvalue weighted by Gasteiger charge is 2.40.